The summed E-state index contributed by atoms with van der Waals surface area (Å²) in [7, 11) is 0. The van der Waals surface area contributed by atoms with Crippen molar-refractivity contribution in [2.45, 2.75) is 19.4 Å². The average Bonchev–Trinajstić information content (AvgIpc) is 2.51. The summed E-state index contributed by atoms with van der Waals surface area (Å²) < 4.78 is 0.880. The molecular weight excluding hydrogens is 272 g/mol. The van der Waals surface area contributed by atoms with Gasteiger partial charge in [-0.25, -0.2) is 0 Å². The van der Waals surface area contributed by atoms with E-state index in [4.69, 9.17) is 0 Å². The second-order valence-corrected chi connectivity index (χ2v) is 4.65. The summed E-state index contributed by atoms with van der Waals surface area (Å²) >= 11 is 3.39. The molecule has 1 aromatic carbocycles. The Morgan fingerprint density at radius 2 is 2.19 bits per heavy atom. The summed E-state index contributed by atoms with van der Waals surface area (Å²) in [5, 5.41) is 5.32. The highest BCUT2D eigenvalue weighted by Crippen LogP contribution is 2.25. The van der Waals surface area contributed by atoms with E-state index in [0.717, 1.165) is 15.7 Å². The van der Waals surface area contributed by atoms with Crippen LogP contribution in [0.15, 0.2) is 22.7 Å². The summed E-state index contributed by atoms with van der Waals surface area (Å²) in [5.74, 6) is -0.496. The fourth-order valence-electron chi connectivity index (χ4n) is 1.61. The van der Waals surface area contributed by atoms with E-state index in [0.29, 0.717) is 0 Å². The first-order valence-corrected chi connectivity index (χ1v) is 5.72. The number of amides is 2. The highest BCUT2D eigenvalue weighted by molar-refractivity contribution is 9.10. The molecular formula is C11H11BrN2O2. The van der Waals surface area contributed by atoms with Crippen molar-refractivity contribution >= 4 is 33.4 Å². The molecule has 1 aliphatic heterocycles. The molecule has 84 valence electrons. The van der Waals surface area contributed by atoms with E-state index >= 15 is 0 Å². The highest BCUT2D eigenvalue weighted by atomic mass is 79.9. The maximum absolute atomic E-state index is 11.4. The largest absolute Gasteiger partial charge is 0.372 e. The minimum atomic E-state index is -0.467. The molecule has 2 N–H and O–H groups in total. The van der Waals surface area contributed by atoms with Gasteiger partial charge in [-0.1, -0.05) is 6.07 Å². The number of hydrogen-bond donors (Lipinski definition) is 2. The molecule has 1 aliphatic rings. The Balaban J connectivity index is 2.18. The van der Waals surface area contributed by atoms with E-state index in [-0.39, 0.29) is 18.2 Å². The number of aryl methyl sites for hydroxylation is 1. The summed E-state index contributed by atoms with van der Waals surface area (Å²) in [5.41, 5.74) is 1.92. The normalized spacial score (nSPS) is 19.8. The first-order valence-electron chi connectivity index (χ1n) is 4.92. The van der Waals surface area contributed by atoms with E-state index in [1.165, 1.54) is 0 Å². The van der Waals surface area contributed by atoms with Crippen LogP contribution in [-0.4, -0.2) is 17.9 Å². The second-order valence-electron chi connectivity index (χ2n) is 3.80. The van der Waals surface area contributed by atoms with E-state index in [1.807, 2.05) is 25.1 Å². The molecule has 0 radical (unpaired) electrons. The van der Waals surface area contributed by atoms with Crippen LogP contribution < -0.4 is 10.6 Å². The number of nitrogens with one attached hydrogen (secondary N) is 2. The fourth-order valence-corrected chi connectivity index (χ4v) is 1.97. The molecule has 0 aromatic heterocycles. The molecule has 2 rings (SSSR count). The number of anilines is 1. The number of rotatable bonds is 2. The van der Waals surface area contributed by atoms with Crippen molar-refractivity contribution in [3.63, 3.8) is 0 Å². The third-order valence-corrected chi connectivity index (χ3v) is 3.11. The number of halogens is 1. The molecule has 1 atom stereocenters. The lowest BCUT2D eigenvalue weighted by Crippen LogP contribution is -2.30. The zero-order valence-electron chi connectivity index (χ0n) is 8.71. The predicted molar refractivity (Wildman–Crippen MR) is 64.1 cm³/mol. The summed E-state index contributed by atoms with van der Waals surface area (Å²) in [6.07, 6.45) is 0.194. The van der Waals surface area contributed by atoms with Crippen LogP contribution >= 0.6 is 15.9 Å². The fraction of sp³-hybridized carbons (Fsp3) is 0.273. The smallest absolute Gasteiger partial charge is 0.249 e. The Bertz CT molecular complexity index is 459. The van der Waals surface area contributed by atoms with E-state index in [9.17, 15) is 9.59 Å². The Hall–Kier alpha value is -1.36. The van der Waals surface area contributed by atoms with Crippen LogP contribution in [0, 0.1) is 6.92 Å². The molecule has 1 heterocycles. The first-order chi connectivity index (χ1) is 7.56. The van der Waals surface area contributed by atoms with Crippen molar-refractivity contribution in [1.82, 2.24) is 5.32 Å². The van der Waals surface area contributed by atoms with Crippen LogP contribution in [0.2, 0.25) is 0 Å². The molecule has 1 unspecified atom stereocenters. The molecule has 0 bridgehead atoms. The molecule has 0 saturated carbocycles. The van der Waals surface area contributed by atoms with Gasteiger partial charge in [-0.3, -0.25) is 14.9 Å². The van der Waals surface area contributed by atoms with Gasteiger partial charge in [0.05, 0.1) is 6.42 Å². The van der Waals surface area contributed by atoms with Gasteiger partial charge < -0.3 is 5.32 Å². The van der Waals surface area contributed by atoms with E-state index < -0.39 is 6.04 Å². The molecule has 1 saturated heterocycles. The lowest BCUT2D eigenvalue weighted by atomic mass is 10.2. The van der Waals surface area contributed by atoms with Crippen molar-refractivity contribution in [3.8, 4) is 0 Å². The molecule has 5 heteroatoms. The predicted octanol–water partition coefficient (Wildman–Crippen LogP) is 1.58. The van der Waals surface area contributed by atoms with Crippen LogP contribution in [0.4, 0.5) is 5.69 Å². The maximum atomic E-state index is 11.4. The molecule has 2 amide bonds. The van der Waals surface area contributed by atoms with E-state index in [2.05, 4.69) is 26.6 Å². The number of carbonyl (C=O) groups excluding carboxylic acids is 2. The van der Waals surface area contributed by atoms with Gasteiger partial charge in [0.2, 0.25) is 11.8 Å². The minimum absolute atomic E-state index is 0.194. The van der Waals surface area contributed by atoms with Crippen molar-refractivity contribution in [1.29, 1.82) is 0 Å². The van der Waals surface area contributed by atoms with Crippen LogP contribution in [-0.2, 0) is 9.59 Å². The van der Waals surface area contributed by atoms with Crippen molar-refractivity contribution in [2.24, 2.45) is 0 Å². The van der Waals surface area contributed by atoms with Gasteiger partial charge in [-0.15, -0.1) is 0 Å². The van der Waals surface area contributed by atoms with Gasteiger partial charge in [0.25, 0.3) is 0 Å². The number of imide groups is 1. The van der Waals surface area contributed by atoms with Crippen molar-refractivity contribution in [3.05, 3.63) is 28.2 Å². The zero-order chi connectivity index (χ0) is 11.7. The van der Waals surface area contributed by atoms with Gasteiger partial charge in [0.15, 0.2) is 0 Å². The van der Waals surface area contributed by atoms with Crippen LogP contribution in [0.25, 0.3) is 0 Å². The summed E-state index contributed by atoms with van der Waals surface area (Å²) in [6, 6.07) is 5.34. The first kappa shape index (κ1) is 11.1. The number of hydrogen-bond acceptors (Lipinski definition) is 3. The average molecular weight is 283 g/mol. The third-order valence-electron chi connectivity index (χ3n) is 2.42. The molecule has 4 nitrogen and oxygen atoms in total. The molecule has 1 aromatic rings. The standard InChI is InChI=1S/C11H11BrN2O2/c1-6-2-3-7(12)8(4-6)13-9-5-10(15)14-11(9)16/h2-4,9,13H,5H2,1H3,(H,14,15,16). The quantitative estimate of drug-likeness (QED) is 0.810. The molecule has 0 spiro atoms. The minimum Gasteiger partial charge on any atom is -0.372 e. The second kappa shape index (κ2) is 4.25. The van der Waals surface area contributed by atoms with Gasteiger partial charge in [0, 0.05) is 10.2 Å². The van der Waals surface area contributed by atoms with Gasteiger partial charge in [0.1, 0.15) is 6.04 Å². The summed E-state index contributed by atoms with van der Waals surface area (Å²) in [4.78, 5) is 22.4. The van der Waals surface area contributed by atoms with Crippen molar-refractivity contribution in [2.75, 3.05) is 5.32 Å². The Morgan fingerprint density at radius 1 is 1.44 bits per heavy atom. The Kier molecular flexibility index (Phi) is 2.96. The van der Waals surface area contributed by atoms with E-state index in [1.54, 1.807) is 0 Å². The lowest BCUT2D eigenvalue weighted by molar-refractivity contribution is -0.124. The summed E-state index contributed by atoms with van der Waals surface area (Å²) in [6.45, 7) is 1.97. The molecule has 1 fully saturated rings. The lowest BCUT2D eigenvalue weighted by Gasteiger charge is -2.12. The molecule has 16 heavy (non-hydrogen) atoms. The number of carbonyl (C=O) groups is 2. The monoisotopic (exact) mass is 282 g/mol. The van der Waals surface area contributed by atoms with Gasteiger partial charge in [-0.2, -0.15) is 0 Å². The molecule has 0 aliphatic carbocycles. The van der Waals surface area contributed by atoms with Crippen LogP contribution in [0.3, 0.4) is 0 Å². The number of benzene rings is 1. The SMILES string of the molecule is Cc1ccc(Br)c(NC2CC(=O)NC2=O)c1. The highest BCUT2D eigenvalue weighted by Gasteiger charge is 2.30. The van der Waals surface area contributed by atoms with Crippen molar-refractivity contribution < 1.29 is 9.59 Å². The third kappa shape index (κ3) is 2.24. The van der Waals surface area contributed by atoms with Crippen LogP contribution in [0.5, 0.6) is 0 Å². The Labute approximate surface area is 102 Å². The van der Waals surface area contributed by atoms with Gasteiger partial charge in [-0.05, 0) is 40.5 Å². The van der Waals surface area contributed by atoms with Gasteiger partial charge >= 0.3 is 0 Å². The zero-order valence-corrected chi connectivity index (χ0v) is 10.3. The topological polar surface area (TPSA) is 58.2 Å². The maximum Gasteiger partial charge on any atom is 0.249 e. The Morgan fingerprint density at radius 3 is 2.81 bits per heavy atom. The van der Waals surface area contributed by atoms with Crippen LogP contribution in [0.1, 0.15) is 12.0 Å².